The predicted molar refractivity (Wildman–Crippen MR) is 86.8 cm³/mol. The summed E-state index contributed by atoms with van der Waals surface area (Å²) in [4.78, 5) is 14.5. The lowest BCUT2D eigenvalue weighted by molar-refractivity contribution is 0.101. The molecule has 0 N–H and O–H groups in total. The molecule has 104 valence electrons. The van der Waals surface area contributed by atoms with E-state index in [1.54, 1.807) is 18.7 Å². The standard InChI is InChI=1S/C17H19NOS/c1-13(19)15-6-10-17(11-7-15)20-12-14-4-8-16(9-5-14)18(2)3/h4-11H,12H2,1-3H3. The Morgan fingerprint density at radius 3 is 2.10 bits per heavy atom. The van der Waals surface area contributed by atoms with Crippen molar-refractivity contribution in [3.8, 4) is 0 Å². The van der Waals surface area contributed by atoms with E-state index in [2.05, 4.69) is 29.2 Å². The quantitative estimate of drug-likeness (QED) is 0.605. The highest BCUT2D eigenvalue weighted by atomic mass is 32.2. The SMILES string of the molecule is CC(=O)c1ccc(SCc2ccc(N(C)C)cc2)cc1. The topological polar surface area (TPSA) is 20.3 Å². The van der Waals surface area contributed by atoms with Crippen LogP contribution in [-0.2, 0) is 5.75 Å². The lowest BCUT2D eigenvalue weighted by Crippen LogP contribution is -2.08. The summed E-state index contributed by atoms with van der Waals surface area (Å²) in [6.45, 7) is 1.59. The molecule has 3 heteroatoms. The fourth-order valence-electron chi connectivity index (χ4n) is 1.84. The summed E-state index contributed by atoms with van der Waals surface area (Å²) < 4.78 is 0. The predicted octanol–water partition coefficient (Wildman–Crippen LogP) is 4.25. The molecule has 20 heavy (non-hydrogen) atoms. The highest BCUT2D eigenvalue weighted by molar-refractivity contribution is 7.98. The van der Waals surface area contributed by atoms with E-state index in [1.807, 2.05) is 38.4 Å². The van der Waals surface area contributed by atoms with Crippen molar-refractivity contribution in [1.82, 2.24) is 0 Å². The Balaban J connectivity index is 1.96. The molecule has 0 atom stereocenters. The second-order valence-electron chi connectivity index (χ2n) is 4.93. The fraction of sp³-hybridized carbons (Fsp3) is 0.235. The van der Waals surface area contributed by atoms with Crippen LogP contribution in [0.25, 0.3) is 0 Å². The summed E-state index contributed by atoms with van der Waals surface area (Å²) in [7, 11) is 4.08. The number of nitrogens with zero attached hydrogens (tertiary/aromatic N) is 1. The van der Waals surface area contributed by atoms with Crippen LogP contribution in [0.15, 0.2) is 53.4 Å². The van der Waals surface area contributed by atoms with Gasteiger partial charge in [-0.05, 0) is 36.8 Å². The van der Waals surface area contributed by atoms with E-state index in [9.17, 15) is 4.79 Å². The van der Waals surface area contributed by atoms with Gasteiger partial charge in [-0.25, -0.2) is 0 Å². The third-order valence-electron chi connectivity index (χ3n) is 3.12. The number of thioether (sulfide) groups is 1. The van der Waals surface area contributed by atoms with Gasteiger partial charge in [-0.1, -0.05) is 24.3 Å². The molecule has 2 aromatic rings. The molecule has 0 amide bonds. The number of Topliss-reactive ketones (excluding diaryl/α,β-unsaturated/α-hetero) is 1. The van der Waals surface area contributed by atoms with Crippen LogP contribution >= 0.6 is 11.8 Å². The molecule has 0 aliphatic carbocycles. The van der Waals surface area contributed by atoms with E-state index in [-0.39, 0.29) is 5.78 Å². The Morgan fingerprint density at radius 2 is 1.60 bits per heavy atom. The summed E-state index contributed by atoms with van der Waals surface area (Å²) in [6.07, 6.45) is 0. The van der Waals surface area contributed by atoms with Crippen molar-refractivity contribution in [2.75, 3.05) is 19.0 Å². The van der Waals surface area contributed by atoms with Gasteiger partial charge in [0.1, 0.15) is 0 Å². The minimum Gasteiger partial charge on any atom is -0.378 e. The number of rotatable bonds is 5. The molecule has 0 aromatic heterocycles. The molecular formula is C17H19NOS. The normalized spacial score (nSPS) is 10.3. The summed E-state index contributed by atoms with van der Waals surface area (Å²) in [5, 5.41) is 0. The van der Waals surface area contributed by atoms with Gasteiger partial charge >= 0.3 is 0 Å². The van der Waals surface area contributed by atoms with Crippen molar-refractivity contribution in [2.24, 2.45) is 0 Å². The fourth-order valence-corrected chi connectivity index (χ4v) is 2.70. The Labute approximate surface area is 124 Å². The van der Waals surface area contributed by atoms with Gasteiger partial charge < -0.3 is 4.90 Å². The minimum absolute atomic E-state index is 0.112. The van der Waals surface area contributed by atoms with Gasteiger partial charge in [0, 0.05) is 36.0 Å². The summed E-state index contributed by atoms with van der Waals surface area (Å²) in [6, 6.07) is 16.4. The van der Waals surface area contributed by atoms with E-state index in [0.717, 1.165) is 11.3 Å². The van der Waals surface area contributed by atoms with Crippen LogP contribution in [-0.4, -0.2) is 19.9 Å². The van der Waals surface area contributed by atoms with Crippen LogP contribution in [0.4, 0.5) is 5.69 Å². The van der Waals surface area contributed by atoms with E-state index in [0.29, 0.717) is 0 Å². The van der Waals surface area contributed by atoms with Gasteiger partial charge in [0.2, 0.25) is 0 Å². The van der Waals surface area contributed by atoms with Crippen LogP contribution in [0.1, 0.15) is 22.8 Å². The molecule has 0 bridgehead atoms. The maximum absolute atomic E-state index is 11.2. The van der Waals surface area contributed by atoms with Gasteiger partial charge in [0.25, 0.3) is 0 Å². The Kier molecular flexibility index (Phi) is 4.85. The van der Waals surface area contributed by atoms with E-state index < -0.39 is 0 Å². The van der Waals surface area contributed by atoms with Crippen molar-refractivity contribution in [3.05, 3.63) is 59.7 Å². The van der Waals surface area contributed by atoms with Gasteiger partial charge in [-0.3, -0.25) is 4.79 Å². The van der Waals surface area contributed by atoms with Crippen LogP contribution < -0.4 is 4.90 Å². The summed E-state index contributed by atoms with van der Waals surface area (Å²) >= 11 is 1.78. The Morgan fingerprint density at radius 1 is 1.00 bits per heavy atom. The van der Waals surface area contributed by atoms with Crippen LogP contribution in [0.5, 0.6) is 0 Å². The van der Waals surface area contributed by atoms with Gasteiger partial charge in [-0.2, -0.15) is 0 Å². The first-order valence-electron chi connectivity index (χ1n) is 6.56. The molecule has 2 nitrogen and oxygen atoms in total. The molecule has 2 rings (SSSR count). The zero-order chi connectivity index (χ0) is 14.5. The molecule has 0 saturated heterocycles. The van der Waals surface area contributed by atoms with Crippen molar-refractivity contribution in [2.45, 2.75) is 17.6 Å². The number of hydrogen-bond donors (Lipinski definition) is 0. The number of hydrogen-bond acceptors (Lipinski definition) is 3. The van der Waals surface area contributed by atoms with Crippen LogP contribution in [0.2, 0.25) is 0 Å². The number of benzene rings is 2. The second kappa shape index (κ2) is 6.62. The first kappa shape index (κ1) is 14.7. The second-order valence-corrected chi connectivity index (χ2v) is 5.98. The number of ketones is 1. The monoisotopic (exact) mass is 285 g/mol. The summed E-state index contributed by atoms with van der Waals surface area (Å²) in [5.74, 6) is 1.05. The summed E-state index contributed by atoms with van der Waals surface area (Å²) in [5.41, 5.74) is 3.28. The van der Waals surface area contributed by atoms with Crippen LogP contribution in [0, 0.1) is 0 Å². The molecule has 0 heterocycles. The molecule has 2 aromatic carbocycles. The van der Waals surface area contributed by atoms with Crippen molar-refractivity contribution in [1.29, 1.82) is 0 Å². The Bertz CT molecular complexity index is 573. The Hall–Kier alpha value is -1.74. The molecule has 0 saturated carbocycles. The number of carbonyl (C=O) groups excluding carboxylic acids is 1. The third-order valence-corrected chi connectivity index (χ3v) is 4.20. The molecule has 0 radical (unpaired) electrons. The number of carbonyl (C=O) groups is 1. The lowest BCUT2D eigenvalue weighted by Gasteiger charge is -2.12. The van der Waals surface area contributed by atoms with E-state index in [4.69, 9.17) is 0 Å². The largest absolute Gasteiger partial charge is 0.378 e. The van der Waals surface area contributed by atoms with Crippen molar-refractivity contribution < 1.29 is 4.79 Å². The van der Waals surface area contributed by atoms with Crippen molar-refractivity contribution >= 4 is 23.2 Å². The molecular weight excluding hydrogens is 266 g/mol. The van der Waals surface area contributed by atoms with Crippen molar-refractivity contribution in [3.63, 3.8) is 0 Å². The van der Waals surface area contributed by atoms with Gasteiger partial charge in [-0.15, -0.1) is 11.8 Å². The molecule has 0 aliphatic rings. The third kappa shape index (κ3) is 3.87. The average Bonchev–Trinajstić information content (AvgIpc) is 2.46. The minimum atomic E-state index is 0.112. The van der Waals surface area contributed by atoms with Gasteiger partial charge in [0.15, 0.2) is 5.78 Å². The first-order chi connectivity index (χ1) is 9.56. The van der Waals surface area contributed by atoms with E-state index in [1.165, 1.54) is 16.1 Å². The zero-order valence-corrected chi connectivity index (χ0v) is 12.9. The van der Waals surface area contributed by atoms with Gasteiger partial charge in [0.05, 0.1) is 0 Å². The zero-order valence-electron chi connectivity index (χ0n) is 12.1. The number of anilines is 1. The smallest absolute Gasteiger partial charge is 0.159 e. The highest BCUT2D eigenvalue weighted by Gasteiger charge is 2.01. The maximum Gasteiger partial charge on any atom is 0.159 e. The van der Waals surface area contributed by atoms with Crippen LogP contribution in [0.3, 0.4) is 0 Å². The van der Waals surface area contributed by atoms with E-state index >= 15 is 0 Å². The molecule has 0 aliphatic heterocycles. The highest BCUT2D eigenvalue weighted by Crippen LogP contribution is 2.24. The lowest BCUT2D eigenvalue weighted by atomic mass is 10.2. The first-order valence-corrected chi connectivity index (χ1v) is 7.55. The molecule has 0 spiro atoms. The average molecular weight is 285 g/mol. The maximum atomic E-state index is 11.2. The molecule has 0 fully saturated rings. The molecule has 0 unspecified atom stereocenters.